The molecule has 4 aromatic heterocycles. The number of aromatic nitrogens is 5. The molecule has 0 aliphatic heterocycles. The molecule has 0 bridgehead atoms. The van der Waals surface area contributed by atoms with Gasteiger partial charge in [-0.3, -0.25) is 4.57 Å². The van der Waals surface area contributed by atoms with Crippen molar-refractivity contribution in [2.75, 3.05) is 0 Å². The first-order chi connectivity index (χ1) is 24.7. The lowest BCUT2D eigenvalue weighted by Crippen LogP contribution is -2.00. The quantitative estimate of drug-likeness (QED) is 0.187. The molecule has 0 saturated heterocycles. The Morgan fingerprint density at radius 1 is 0.560 bits per heavy atom. The van der Waals surface area contributed by atoms with Gasteiger partial charge in [-0.2, -0.15) is 0 Å². The molecule has 0 saturated carbocycles. The lowest BCUT2D eigenvalue weighted by Gasteiger charge is -2.14. The summed E-state index contributed by atoms with van der Waals surface area (Å²) in [6.07, 6.45) is 0.654. The Bertz CT molecular complexity index is 2910. The van der Waals surface area contributed by atoms with Crippen LogP contribution in [0.25, 0.3) is 77.5 Å². The number of rotatable bonds is 5. The summed E-state index contributed by atoms with van der Waals surface area (Å²) in [5, 5.41) is 4.41. The summed E-state index contributed by atoms with van der Waals surface area (Å²) < 4.78 is 23.2. The Morgan fingerprint density at radius 3 is 2.00 bits per heavy atom. The van der Waals surface area contributed by atoms with Crippen molar-refractivity contribution in [2.45, 2.75) is 6.17 Å². The van der Waals surface area contributed by atoms with Gasteiger partial charge in [-0.1, -0.05) is 97.1 Å². The van der Waals surface area contributed by atoms with Crippen LogP contribution in [-0.2, 0) is 7.05 Å². The van der Waals surface area contributed by atoms with Crippen LogP contribution in [0.5, 0.6) is 0 Å². The minimum atomic E-state index is -1.34. The lowest BCUT2D eigenvalue weighted by molar-refractivity contribution is 0.402. The van der Waals surface area contributed by atoms with E-state index in [-0.39, 0.29) is 0 Å². The third-order valence-electron chi connectivity index (χ3n) is 9.98. The van der Waals surface area contributed by atoms with Crippen molar-refractivity contribution in [1.29, 1.82) is 0 Å². The second-order valence-electron chi connectivity index (χ2n) is 12.8. The first kappa shape index (κ1) is 28.5. The van der Waals surface area contributed by atoms with Gasteiger partial charge in [0.15, 0.2) is 6.17 Å². The standard InChI is InChI=1S/C44H30FN5/c1-48-39-24-10-7-21-36(39)47-43(48)30-15-11-13-28(25-30)41(45)29-14-12-18-32(26-29)50-38-23-9-6-20-34(38)40-42-35(27-46-44(40)50)33-19-5-8-22-37(33)49(42)31-16-3-2-4-17-31/h2-27,41H,1H3. The molecule has 0 fully saturated rings. The molecule has 0 aliphatic carbocycles. The largest absolute Gasteiger partial charge is 0.327 e. The first-order valence-corrected chi connectivity index (χ1v) is 16.8. The van der Waals surface area contributed by atoms with Crippen molar-refractivity contribution < 1.29 is 4.39 Å². The van der Waals surface area contributed by atoms with Gasteiger partial charge in [0, 0.05) is 46.3 Å². The van der Waals surface area contributed by atoms with E-state index in [1.165, 1.54) is 0 Å². The molecular weight excluding hydrogens is 618 g/mol. The molecule has 6 aromatic carbocycles. The van der Waals surface area contributed by atoms with E-state index in [1.54, 1.807) is 0 Å². The lowest BCUT2D eigenvalue weighted by atomic mass is 10.00. The van der Waals surface area contributed by atoms with Crippen LogP contribution < -0.4 is 0 Å². The summed E-state index contributed by atoms with van der Waals surface area (Å²) in [7, 11) is 2.00. The van der Waals surface area contributed by atoms with E-state index in [0.29, 0.717) is 11.1 Å². The highest BCUT2D eigenvalue weighted by Crippen LogP contribution is 2.41. The number of alkyl halides is 1. The number of benzene rings is 6. The van der Waals surface area contributed by atoms with Crippen molar-refractivity contribution in [3.8, 4) is 22.8 Å². The molecule has 0 aliphatic rings. The molecular formula is C44H30FN5. The van der Waals surface area contributed by atoms with Gasteiger partial charge in [0.1, 0.15) is 11.5 Å². The molecule has 1 unspecified atom stereocenters. The number of para-hydroxylation sites is 5. The summed E-state index contributed by atoms with van der Waals surface area (Å²) in [5.74, 6) is 0.810. The van der Waals surface area contributed by atoms with E-state index in [4.69, 9.17) is 9.97 Å². The van der Waals surface area contributed by atoms with Crippen LogP contribution in [0, 0.1) is 0 Å². The predicted octanol–water partition coefficient (Wildman–Crippen LogP) is 10.9. The minimum Gasteiger partial charge on any atom is -0.327 e. The fourth-order valence-corrected chi connectivity index (χ4v) is 7.71. The number of nitrogens with zero attached hydrogens (tertiary/aromatic N) is 5. The summed E-state index contributed by atoms with van der Waals surface area (Å²) in [6, 6.07) is 50.9. The van der Waals surface area contributed by atoms with Crippen molar-refractivity contribution >= 4 is 54.8 Å². The maximum absolute atomic E-state index is 16.6. The number of hydrogen-bond donors (Lipinski definition) is 0. The van der Waals surface area contributed by atoms with Gasteiger partial charge in [-0.25, -0.2) is 14.4 Å². The number of pyridine rings is 1. The maximum atomic E-state index is 16.6. The molecule has 50 heavy (non-hydrogen) atoms. The number of halogens is 1. The molecule has 5 nitrogen and oxygen atoms in total. The van der Waals surface area contributed by atoms with Crippen LogP contribution in [0.4, 0.5) is 4.39 Å². The molecule has 4 heterocycles. The fraction of sp³-hybridized carbons (Fsp3) is 0.0455. The fourth-order valence-electron chi connectivity index (χ4n) is 7.71. The molecule has 6 heteroatoms. The molecule has 238 valence electrons. The summed E-state index contributed by atoms with van der Waals surface area (Å²) in [6.45, 7) is 0. The van der Waals surface area contributed by atoms with Gasteiger partial charge in [-0.15, -0.1) is 0 Å². The Hall–Kier alpha value is -6.53. The molecule has 10 rings (SSSR count). The Morgan fingerprint density at radius 2 is 1.20 bits per heavy atom. The van der Waals surface area contributed by atoms with Gasteiger partial charge in [0.2, 0.25) is 0 Å². The van der Waals surface area contributed by atoms with Crippen LogP contribution >= 0.6 is 0 Å². The third kappa shape index (κ3) is 4.18. The van der Waals surface area contributed by atoms with Crippen LogP contribution in [-0.4, -0.2) is 23.7 Å². The van der Waals surface area contributed by atoms with Crippen LogP contribution in [0.2, 0.25) is 0 Å². The SMILES string of the molecule is Cn1c(-c2cccc(C(F)c3cccc(-n4c5ccccc5c5c4ncc4c6ccccc6n(-c6ccccc6)c45)c3)c2)nc2ccccc21. The number of imidazole rings is 1. The summed E-state index contributed by atoms with van der Waals surface area (Å²) >= 11 is 0. The zero-order valence-corrected chi connectivity index (χ0v) is 27.2. The van der Waals surface area contributed by atoms with Gasteiger partial charge in [0.25, 0.3) is 0 Å². The van der Waals surface area contributed by atoms with Crippen molar-refractivity contribution in [1.82, 2.24) is 23.7 Å². The van der Waals surface area contributed by atoms with E-state index in [9.17, 15) is 0 Å². The van der Waals surface area contributed by atoms with Gasteiger partial charge >= 0.3 is 0 Å². The number of aryl methyl sites for hydroxylation is 1. The first-order valence-electron chi connectivity index (χ1n) is 16.8. The monoisotopic (exact) mass is 647 g/mol. The topological polar surface area (TPSA) is 40.6 Å². The smallest absolute Gasteiger partial charge is 0.150 e. The van der Waals surface area contributed by atoms with Gasteiger partial charge in [0.05, 0.1) is 33.0 Å². The molecule has 0 radical (unpaired) electrons. The molecule has 1 atom stereocenters. The van der Waals surface area contributed by atoms with E-state index in [0.717, 1.165) is 77.5 Å². The highest BCUT2D eigenvalue weighted by molar-refractivity contribution is 6.25. The summed E-state index contributed by atoms with van der Waals surface area (Å²) in [4.78, 5) is 9.98. The Labute approximate surface area is 287 Å². The van der Waals surface area contributed by atoms with Crippen LogP contribution in [0.15, 0.2) is 158 Å². The Balaban J connectivity index is 1.15. The second kappa shape index (κ2) is 11.0. The molecule has 10 aromatic rings. The molecule has 0 spiro atoms. The highest BCUT2D eigenvalue weighted by Gasteiger charge is 2.23. The maximum Gasteiger partial charge on any atom is 0.150 e. The Kier molecular flexibility index (Phi) is 6.27. The second-order valence-corrected chi connectivity index (χ2v) is 12.8. The van der Waals surface area contributed by atoms with Gasteiger partial charge < -0.3 is 9.13 Å². The van der Waals surface area contributed by atoms with E-state index < -0.39 is 6.17 Å². The zero-order chi connectivity index (χ0) is 33.3. The average molecular weight is 648 g/mol. The van der Waals surface area contributed by atoms with E-state index >= 15 is 4.39 Å². The molecule has 0 amide bonds. The van der Waals surface area contributed by atoms with Gasteiger partial charge in [-0.05, 0) is 65.7 Å². The van der Waals surface area contributed by atoms with E-state index in [2.05, 4.69) is 92.6 Å². The summed E-state index contributed by atoms with van der Waals surface area (Å²) in [5.41, 5.74) is 10.0. The highest BCUT2D eigenvalue weighted by atomic mass is 19.1. The number of hydrogen-bond acceptors (Lipinski definition) is 2. The normalized spacial score (nSPS) is 12.5. The van der Waals surface area contributed by atoms with Crippen molar-refractivity contribution in [3.05, 3.63) is 169 Å². The van der Waals surface area contributed by atoms with Crippen molar-refractivity contribution in [3.63, 3.8) is 0 Å². The van der Waals surface area contributed by atoms with Crippen LogP contribution in [0.3, 0.4) is 0 Å². The van der Waals surface area contributed by atoms with Crippen molar-refractivity contribution in [2.24, 2.45) is 7.05 Å². The zero-order valence-electron chi connectivity index (χ0n) is 27.2. The number of fused-ring (bicyclic) bond motifs is 8. The van der Waals surface area contributed by atoms with E-state index in [1.807, 2.05) is 86.0 Å². The average Bonchev–Trinajstić information content (AvgIpc) is 3.82. The van der Waals surface area contributed by atoms with Crippen LogP contribution in [0.1, 0.15) is 17.3 Å². The molecule has 0 N–H and O–H groups in total. The minimum absolute atomic E-state index is 0.579. The predicted molar refractivity (Wildman–Crippen MR) is 202 cm³/mol. The third-order valence-corrected chi connectivity index (χ3v) is 9.98.